The first kappa shape index (κ1) is 39.2. The first-order chi connectivity index (χ1) is 33.7. The number of nitrogens with zero attached hydrogens (tertiary/aromatic N) is 7. The van der Waals surface area contributed by atoms with E-state index in [4.69, 9.17) is 34.3 Å². The maximum Gasteiger partial charge on any atom is 0.238 e. The number of hydrogen-bond acceptors (Lipinski definition) is 7. The molecule has 8 aromatic carbocycles. The fraction of sp³-hybridized carbons (Fsp3) is 0.0333. The van der Waals surface area contributed by atoms with E-state index < -0.39 is 0 Å². The van der Waals surface area contributed by atoms with E-state index in [1.54, 1.807) is 0 Å². The maximum atomic E-state index is 6.56. The largest absolute Gasteiger partial charge is 0.456 e. The molecule has 13 rings (SSSR count). The lowest BCUT2D eigenvalue weighted by molar-refractivity contribution is 0.669. The highest BCUT2D eigenvalue weighted by Gasteiger charge is 2.21. The van der Waals surface area contributed by atoms with Crippen LogP contribution in [-0.2, 0) is 0 Å². The number of aromatic nitrogens is 7. The smallest absolute Gasteiger partial charge is 0.238 e. The summed E-state index contributed by atoms with van der Waals surface area (Å²) in [7, 11) is 0. The molecule has 1 unspecified atom stereocenters. The Kier molecular flexibility index (Phi) is 9.45. The third-order valence-electron chi connectivity index (χ3n) is 12.8. The van der Waals surface area contributed by atoms with Crippen molar-refractivity contribution < 1.29 is 4.42 Å². The van der Waals surface area contributed by atoms with E-state index >= 15 is 0 Å². The Morgan fingerprint density at radius 2 is 0.971 bits per heavy atom. The second kappa shape index (κ2) is 16.4. The first-order valence-corrected chi connectivity index (χ1v) is 22.8. The van der Waals surface area contributed by atoms with Crippen LogP contribution in [0, 0.1) is 0 Å². The number of benzene rings is 8. The summed E-state index contributed by atoms with van der Waals surface area (Å²) < 4.78 is 8.72. The topological polar surface area (TPSA) is 95.4 Å². The zero-order valence-electron chi connectivity index (χ0n) is 36.6. The fourth-order valence-corrected chi connectivity index (χ4v) is 9.51. The quantitative estimate of drug-likeness (QED) is 0.150. The summed E-state index contributed by atoms with van der Waals surface area (Å²) in [5, 5.41) is 4.30. The molecular formula is C60H39N7O. The molecule has 1 atom stereocenters. The molecule has 68 heavy (non-hydrogen) atoms. The van der Waals surface area contributed by atoms with Crippen molar-refractivity contribution >= 4 is 43.7 Å². The van der Waals surface area contributed by atoms with Gasteiger partial charge in [0.2, 0.25) is 5.95 Å². The molecule has 0 spiro atoms. The second-order valence-corrected chi connectivity index (χ2v) is 17.0. The predicted molar refractivity (Wildman–Crippen MR) is 273 cm³/mol. The molecule has 4 heterocycles. The monoisotopic (exact) mass is 873 g/mol. The first-order valence-electron chi connectivity index (χ1n) is 22.8. The van der Waals surface area contributed by atoms with Gasteiger partial charge in [0.05, 0.1) is 11.0 Å². The van der Waals surface area contributed by atoms with Crippen LogP contribution in [-0.4, -0.2) is 34.5 Å². The number of fused-ring (bicyclic) bond motifs is 6. The van der Waals surface area contributed by atoms with Gasteiger partial charge in [0.25, 0.3) is 0 Å². The third kappa shape index (κ3) is 6.94. The molecule has 0 fully saturated rings. The van der Waals surface area contributed by atoms with Crippen LogP contribution in [0.5, 0.6) is 0 Å². The van der Waals surface area contributed by atoms with Crippen molar-refractivity contribution in [3.05, 3.63) is 224 Å². The minimum atomic E-state index is 0.0729. The Hall–Kier alpha value is -9.14. The van der Waals surface area contributed by atoms with Gasteiger partial charge in [-0.2, -0.15) is 9.97 Å². The minimum Gasteiger partial charge on any atom is -0.456 e. The number of rotatable bonds is 8. The van der Waals surface area contributed by atoms with Gasteiger partial charge in [-0.1, -0.05) is 176 Å². The van der Waals surface area contributed by atoms with Crippen LogP contribution in [0.1, 0.15) is 18.2 Å². The molecule has 1 aliphatic rings. The van der Waals surface area contributed by atoms with E-state index in [0.29, 0.717) is 29.2 Å². The summed E-state index contributed by atoms with van der Waals surface area (Å²) in [6, 6.07) is 66.7. The Balaban J connectivity index is 0.921. The highest BCUT2D eigenvalue weighted by Crippen LogP contribution is 2.41. The molecule has 4 aromatic heterocycles. The van der Waals surface area contributed by atoms with Gasteiger partial charge in [0, 0.05) is 49.7 Å². The van der Waals surface area contributed by atoms with Gasteiger partial charge in [-0.3, -0.25) is 4.57 Å². The van der Waals surface area contributed by atoms with Crippen molar-refractivity contribution in [1.82, 2.24) is 34.5 Å². The highest BCUT2D eigenvalue weighted by molar-refractivity contribution is 6.14. The molecule has 0 amide bonds. The maximum absolute atomic E-state index is 6.56. The van der Waals surface area contributed by atoms with E-state index in [1.807, 2.05) is 97.1 Å². The Morgan fingerprint density at radius 1 is 0.397 bits per heavy atom. The van der Waals surface area contributed by atoms with Crippen molar-refractivity contribution in [3.63, 3.8) is 0 Å². The molecule has 320 valence electrons. The molecule has 0 saturated carbocycles. The molecular weight excluding hydrogens is 835 g/mol. The van der Waals surface area contributed by atoms with Crippen LogP contribution in [0.4, 0.5) is 0 Å². The molecule has 8 heteroatoms. The molecule has 0 N–H and O–H groups in total. The Bertz CT molecular complexity index is 3890. The van der Waals surface area contributed by atoms with Crippen LogP contribution < -0.4 is 0 Å². The standard InChI is InChI=1S/C60H39N7O/c1-5-17-38(18-6-1)55-61-56(39-19-7-2-8-20-39)63-59(62-55)45-26-15-25-44(35-45)46-28-16-30-53-54(46)49-37-43(32-34-52(49)68-53)42-31-33-51-48(36-42)47-27-13-14-29-50(47)67(51)60-65-57(40-21-9-3-10-22-40)64-58(66-60)41-23-11-4-12-24-41/h1-19,21-37,39H,20H2. The molecule has 12 aromatic rings. The van der Waals surface area contributed by atoms with Gasteiger partial charge in [0.1, 0.15) is 17.0 Å². The van der Waals surface area contributed by atoms with Crippen molar-refractivity contribution in [2.75, 3.05) is 0 Å². The fourth-order valence-electron chi connectivity index (χ4n) is 9.51. The molecule has 0 radical (unpaired) electrons. The van der Waals surface area contributed by atoms with Gasteiger partial charge in [0.15, 0.2) is 23.3 Å². The summed E-state index contributed by atoms with van der Waals surface area (Å²) in [6.45, 7) is 0. The average molecular weight is 874 g/mol. The lowest BCUT2D eigenvalue weighted by atomic mass is 9.96. The highest BCUT2D eigenvalue weighted by atomic mass is 16.3. The van der Waals surface area contributed by atoms with Crippen LogP contribution in [0.3, 0.4) is 0 Å². The number of furan rings is 1. The summed E-state index contributed by atoms with van der Waals surface area (Å²) in [5.74, 6) is 3.94. The van der Waals surface area contributed by atoms with E-state index in [2.05, 4.69) is 126 Å². The minimum absolute atomic E-state index is 0.0729. The van der Waals surface area contributed by atoms with Crippen LogP contribution in [0.2, 0.25) is 0 Å². The second-order valence-electron chi connectivity index (χ2n) is 17.0. The van der Waals surface area contributed by atoms with Crippen LogP contribution >= 0.6 is 0 Å². The average Bonchev–Trinajstić information content (AvgIpc) is 3.97. The molecule has 0 aliphatic heterocycles. The lowest BCUT2D eigenvalue weighted by Gasteiger charge is -2.14. The van der Waals surface area contributed by atoms with Crippen LogP contribution in [0.25, 0.3) is 117 Å². The van der Waals surface area contributed by atoms with Gasteiger partial charge >= 0.3 is 0 Å². The zero-order chi connectivity index (χ0) is 45.0. The number of hydrogen-bond donors (Lipinski definition) is 0. The molecule has 8 nitrogen and oxygen atoms in total. The van der Waals surface area contributed by atoms with Crippen LogP contribution in [0.15, 0.2) is 223 Å². The summed E-state index contributed by atoms with van der Waals surface area (Å²) in [5.41, 5.74) is 11.7. The lowest BCUT2D eigenvalue weighted by Crippen LogP contribution is -2.07. The van der Waals surface area contributed by atoms with E-state index in [-0.39, 0.29) is 5.92 Å². The van der Waals surface area contributed by atoms with Gasteiger partial charge < -0.3 is 4.42 Å². The van der Waals surface area contributed by atoms with Crippen molar-refractivity contribution in [3.8, 4) is 73.8 Å². The van der Waals surface area contributed by atoms with Gasteiger partial charge in [-0.05, 0) is 71.1 Å². The molecule has 1 aliphatic carbocycles. The van der Waals surface area contributed by atoms with Gasteiger partial charge in [-0.25, -0.2) is 19.9 Å². The van der Waals surface area contributed by atoms with E-state index in [0.717, 1.165) is 100 Å². The zero-order valence-corrected chi connectivity index (χ0v) is 36.6. The third-order valence-corrected chi connectivity index (χ3v) is 12.8. The Labute approximate surface area is 391 Å². The Morgan fingerprint density at radius 3 is 1.66 bits per heavy atom. The number of para-hydroxylation sites is 1. The van der Waals surface area contributed by atoms with E-state index in [1.165, 1.54) is 0 Å². The van der Waals surface area contributed by atoms with Crippen molar-refractivity contribution in [2.45, 2.75) is 12.3 Å². The van der Waals surface area contributed by atoms with Gasteiger partial charge in [-0.15, -0.1) is 0 Å². The van der Waals surface area contributed by atoms with E-state index in [9.17, 15) is 0 Å². The van der Waals surface area contributed by atoms with Crippen molar-refractivity contribution in [1.29, 1.82) is 0 Å². The molecule has 0 saturated heterocycles. The number of allylic oxidation sites excluding steroid dienone is 4. The summed E-state index contributed by atoms with van der Waals surface area (Å²) in [4.78, 5) is 30.3. The normalized spacial score (nSPS) is 13.6. The predicted octanol–water partition coefficient (Wildman–Crippen LogP) is 14.7. The van der Waals surface area contributed by atoms with Crippen molar-refractivity contribution in [2.24, 2.45) is 0 Å². The SMILES string of the molecule is C1=CCC(c2nc(-c3ccccc3)nc(-c3cccc(-c4cccc5oc6ccc(-c7ccc8c(c7)c7ccccc7n8-c7nc(-c8ccccc8)nc(-c8ccccc8)n7)cc6c45)c3)n2)C=C1. The summed E-state index contributed by atoms with van der Waals surface area (Å²) in [6.07, 6.45) is 9.32. The molecule has 0 bridgehead atoms. The summed E-state index contributed by atoms with van der Waals surface area (Å²) >= 11 is 0.